The van der Waals surface area contributed by atoms with E-state index in [2.05, 4.69) is 128 Å². The molecule has 0 aliphatic carbocycles. The largest absolute Gasteiger partial charge is 0.262 e. The zero-order chi connectivity index (χ0) is 44.9. The van der Waals surface area contributed by atoms with Crippen LogP contribution in [0, 0.1) is 0 Å². The summed E-state index contributed by atoms with van der Waals surface area (Å²) in [6, 6.07) is 32.0. The smallest absolute Gasteiger partial charge is 0.142 e. The Morgan fingerprint density at radius 1 is 0.250 bits per heavy atom. The summed E-state index contributed by atoms with van der Waals surface area (Å²) in [5, 5.41) is 0. The maximum atomic E-state index is 5.51. The lowest BCUT2D eigenvalue weighted by atomic mass is 10.1. The van der Waals surface area contributed by atoms with Crippen molar-refractivity contribution in [2.45, 2.75) is 207 Å². The van der Waals surface area contributed by atoms with Gasteiger partial charge in [-0.25, -0.2) is 24.9 Å². The monoisotopic (exact) mass is 866 g/mol. The first-order valence-corrected chi connectivity index (χ1v) is 26.0. The molecule has 0 N–H and O–H groups in total. The van der Waals surface area contributed by atoms with Crippen LogP contribution in [0.5, 0.6) is 0 Å². The van der Waals surface area contributed by atoms with Gasteiger partial charge >= 0.3 is 0 Å². The summed E-state index contributed by atoms with van der Waals surface area (Å²) in [7, 11) is 0. The van der Waals surface area contributed by atoms with E-state index in [1.165, 1.54) is 128 Å². The Morgan fingerprint density at radius 2 is 0.453 bits per heavy atom. The van der Waals surface area contributed by atoms with Crippen LogP contribution in [0.25, 0.3) is 0 Å². The molecule has 0 saturated heterocycles. The van der Waals surface area contributed by atoms with Gasteiger partial charge in [0.2, 0.25) is 0 Å². The standard InChI is InChI=1S/C57H83N7/c1-5-9-13-17-21-25-34-48-38-29-42-52(58-48)63(53-43-30-39-49(59-53)35-26-22-18-14-10-6-2)56-46-33-47-57(62-56)64(54-44-31-40-50(60-54)36-27-23-19-15-11-7-3)55-45-32-41-51(61-55)37-28-24-20-16-12-8-4/h29-33,38-47H,5-28,34-37H2,1-4H3. The van der Waals surface area contributed by atoms with Gasteiger partial charge in [-0.05, 0) is 112 Å². The van der Waals surface area contributed by atoms with Crippen LogP contribution in [-0.2, 0) is 25.7 Å². The molecule has 5 aromatic heterocycles. The fourth-order valence-electron chi connectivity index (χ4n) is 8.63. The number of hydrogen-bond donors (Lipinski definition) is 0. The van der Waals surface area contributed by atoms with Crippen LogP contribution >= 0.6 is 0 Å². The third-order valence-electron chi connectivity index (χ3n) is 12.4. The van der Waals surface area contributed by atoms with E-state index in [1.807, 2.05) is 0 Å². The summed E-state index contributed by atoms with van der Waals surface area (Å²) in [6.07, 6.45) is 34.1. The van der Waals surface area contributed by atoms with Crippen LogP contribution in [0.15, 0.2) is 91.0 Å². The molecule has 0 aromatic carbocycles. The average Bonchev–Trinajstić information content (AvgIpc) is 3.32. The van der Waals surface area contributed by atoms with Gasteiger partial charge in [0.1, 0.15) is 34.9 Å². The number of anilines is 6. The molecule has 0 fully saturated rings. The van der Waals surface area contributed by atoms with Crippen LogP contribution in [0.2, 0.25) is 0 Å². The zero-order valence-corrected chi connectivity index (χ0v) is 40.6. The maximum Gasteiger partial charge on any atom is 0.142 e. The first-order chi connectivity index (χ1) is 31.6. The van der Waals surface area contributed by atoms with Crippen molar-refractivity contribution >= 4 is 34.9 Å². The Labute approximate surface area is 389 Å². The molecule has 0 spiro atoms. The Kier molecular flexibility index (Phi) is 24.0. The molecule has 5 heterocycles. The van der Waals surface area contributed by atoms with Crippen LogP contribution < -0.4 is 9.80 Å². The lowest BCUT2D eigenvalue weighted by Gasteiger charge is -2.26. The predicted molar refractivity (Wildman–Crippen MR) is 273 cm³/mol. The molecular weight excluding hydrogens is 783 g/mol. The molecule has 7 nitrogen and oxygen atoms in total. The highest BCUT2D eigenvalue weighted by atomic mass is 15.3. The highest BCUT2D eigenvalue weighted by Crippen LogP contribution is 2.36. The van der Waals surface area contributed by atoms with Gasteiger partial charge in [0.15, 0.2) is 0 Å². The van der Waals surface area contributed by atoms with E-state index in [4.69, 9.17) is 24.9 Å². The molecule has 5 aromatic rings. The maximum absolute atomic E-state index is 5.51. The Bertz CT molecular complexity index is 1740. The molecule has 0 amide bonds. The van der Waals surface area contributed by atoms with E-state index in [0.29, 0.717) is 0 Å². The third-order valence-corrected chi connectivity index (χ3v) is 12.4. The SMILES string of the molecule is CCCCCCCCc1cccc(N(c2cccc(CCCCCCCC)n2)c2cccc(N(c3cccc(CCCCCCCC)n3)c3cccc(CCCCCCCC)n3)n2)n1. The number of aromatic nitrogens is 5. The topological polar surface area (TPSA) is 70.9 Å². The molecule has 0 bridgehead atoms. The number of unbranched alkanes of at least 4 members (excludes halogenated alkanes) is 20. The lowest BCUT2D eigenvalue weighted by molar-refractivity contribution is 0.604. The van der Waals surface area contributed by atoms with Gasteiger partial charge in [-0.3, -0.25) is 9.80 Å². The van der Waals surface area contributed by atoms with E-state index in [-0.39, 0.29) is 0 Å². The number of aryl methyl sites for hydroxylation is 4. The van der Waals surface area contributed by atoms with Crippen molar-refractivity contribution in [3.8, 4) is 0 Å². The van der Waals surface area contributed by atoms with E-state index in [1.54, 1.807) is 0 Å². The van der Waals surface area contributed by atoms with Gasteiger partial charge < -0.3 is 0 Å². The third kappa shape index (κ3) is 17.7. The zero-order valence-electron chi connectivity index (χ0n) is 40.6. The molecule has 0 aliphatic heterocycles. The van der Waals surface area contributed by atoms with Crippen molar-refractivity contribution in [1.29, 1.82) is 0 Å². The van der Waals surface area contributed by atoms with Crippen LogP contribution in [-0.4, -0.2) is 24.9 Å². The number of rotatable bonds is 34. The first kappa shape index (κ1) is 50.4. The Balaban J connectivity index is 1.50. The summed E-state index contributed by atoms with van der Waals surface area (Å²) < 4.78 is 0. The van der Waals surface area contributed by atoms with Gasteiger partial charge in [0, 0.05) is 22.8 Å². The molecular formula is C57H83N7. The molecule has 7 heteroatoms. The van der Waals surface area contributed by atoms with Crippen molar-refractivity contribution in [2.75, 3.05) is 9.80 Å². The van der Waals surface area contributed by atoms with Crippen molar-refractivity contribution < 1.29 is 0 Å². The lowest BCUT2D eigenvalue weighted by Crippen LogP contribution is -2.19. The van der Waals surface area contributed by atoms with Gasteiger partial charge in [0.25, 0.3) is 0 Å². The minimum atomic E-state index is 0.766. The highest BCUT2D eigenvalue weighted by molar-refractivity contribution is 5.74. The number of hydrogen-bond acceptors (Lipinski definition) is 7. The summed E-state index contributed by atoms with van der Waals surface area (Å²) in [6.45, 7) is 9.12. The summed E-state index contributed by atoms with van der Waals surface area (Å²) in [5.74, 6) is 4.87. The van der Waals surface area contributed by atoms with E-state index in [0.717, 1.165) is 109 Å². The minimum absolute atomic E-state index is 0.766. The fourth-order valence-corrected chi connectivity index (χ4v) is 8.63. The van der Waals surface area contributed by atoms with E-state index >= 15 is 0 Å². The number of pyridine rings is 5. The number of nitrogens with zero attached hydrogens (tertiary/aromatic N) is 7. The quantitative estimate of drug-likeness (QED) is 0.0381. The van der Waals surface area contributed by atoms with Crippen LogP contribution in [0.3, 0.4) is 0 Å². The second kappa shape index (κ2) is 30.5. The van der Waals surface area contributed by atoms with Gasteiger partial charge in [-0.1, -0.05) is 186 Å². The summed E-state index contributed by atoms with van der Waals surface area (Å²) >= 11 is 0. The first-order valence-electron chi connectivity index (χ1n) is 26.0. The molecule has 0 saturated carbocycles. The molecule has 0 unspecified atom stereocenters. The van der Waals surface area contributed by atoms with Gasteiger partial charge in [0.05, 0.1) is 0 Å². The predicted octanol–water partition coefficient (Wildman–Crippen LogP) is 17.2. The fraction of sp³-hybridized carbons (Fsp3) is 0.561. The minimum Gasteiger partial charge on any atom is -0.262 e. The van der Waals surface area contributed by atoms with Crippen LogP contribution in [0.4, 0.5) is 34.9 Å². The average molecular weight is 866 g/mol. The molecule has 0 atom stereocenters. The molecule has 5 rings (SSSR count). The molecule has 346 valence electrons. The van der Waals surface area contributed by atoms with Crippen LogP contribution in [0.1, 0.15) is 205 Å². The van der Waals surface area contributed by atoms with Crippen molar-refractivity contribution in [2.24, 2.45) is 0 Å². The second-order valence-corrected chi connectivity index (χ2v) is 18.0. The molecule has 0 aliphatic rings. The molecule has 64 heavy (non-hydrogen) atoms. The molecule has 0 radical (unpaired) electrons. The summed E-state index contributed by atoms with van der Waals surface area (Å²) in [5.41, 5.74) is 4.43. The Morgan fingerprint density at radius 3 is 0.703 bits per heavy atom. The van der Waals surface area contributed by atoms with Crippen molar-refractivity contribution in [1.82, 2.24) is 24.9 Å². The van der Waals surface area contributed by atoms with Gasteiger partial charge in [-0.15, -0.1) is 0 Å². The second-order valence-electron chi connectivity index (χ2n) is 18.0. The van der Waals surface area contributed by atoms with E-state index < -0.39 is 0 Å². The van der Waals surface area contributed by atoms with Crippen molar-refractivity contribution in [3.05, 3.63) is 114 Å². The van der Waals surface area contributed by atoms with Crippen molar-refractivity contribution in [3.63, 3.8) is 0 Å². The van der Waals surface area contributed by atoms with Gasteiger partial charge in [-0.2, -0.15) is 0 Å². The highest BCUT2D eigenvalue weighted by Gasteiger charge is 2.22. The summed E-state index contributed by atoms with van der Waals surface area (Å²) in [4.78, 5) is 31.1. The van der Waals surface area contributed by atoms with E-state index in [9.17, 15) is 0 Å². The normalized spacial score (nSPS) is 11.3. The Hall–Kier alpha value is -4.65.